The second kappa shape index (κ2) is 6.00. The molecule has 0 aromatic carbocycles. The van der Waals surface area contributed by atoms with Gasteiger partial charge in [0.2, 0.25) is 0 Å². The maximum Gasteiger partial charge on any atom is 0.401 e. The number of hydrogen-bond acceptors (Lipinski definition) is 2. The molecule has 0 aromatic heterocycles. The monoisotopic (exact) mass is 280 g/mol. The van der Waals surface area contributed by atoms with E-state index in [1.165, 1.54) is 4.90 Å². The molecule has 1 fully saturated rings. The highest BCUT2D eigenvalue weighted by molar-refractivity contribution is 4.89. The van der Waals surface area contributed by atoms with Gasteiger partial charge < -0.3 is 5.73 Å². The van der Waals surface area contributed by atoms with Crippen LogP contribution < -0.4 is 5.73 Å². The molecule has 0 saturated heterocycles. The van der Waals surface area contributed by atoms with Gasteiger partial charge in [0.05, 0.1) is 6.54 Å². The van der Waals surface area contributed by atoms with Crippen molar-refractivity contribution in [3.05, 3.63) is 0 Å². The van der Waals surface area contributed by atoms with Crippen molar-refractivity contribution in [1.82, 2.24) is 4.90 Å². The Balaban J connectivity index is 2.67. The Morgan fingerprint density at radius 1 is 1.32 bits per heavy atom. The second-order valence-electron chi connectivity index (χ2n) is 6.97. The Morgan fingerprint density at radius 3 is 2.37 bits per heavy atom. The fourth-order valence-electron chi connectivity index (χ4n) is 2.95. The predicted octanol–water partition coefficient (Wildman–Crippen LogP) is 3.41. The molecular weight excluding hydrogens is 253 g/mol. The van der Waals surface area contributed by atoms with Crippen LogP contribution in [0.25, 0.3) is 0 Å². The third kappa shape index (κ3) is 5.69. The summed E-state index contributed by atoms with van der Waals surface area (Å²) >= 11 is 0. The van der Waals surface area contributed by atoms with Crippen molar-refractivity contribution in [3.63, 3.8) is 0 Å². The van der Waals surface area contributed by atoms with Gasteiger partial charge in [-0.15, -0.1) is 0 Å². The third-order valence-electron chi connectivity index (χ3n) is 4.16. The molecule has 0 amide bonds. The Morgan fingerprint density at radius 2 is 1.89 bits per heavy atom. The summed E-state index contributed by atoms with van der Waals surface area (Å²) < 4.78 is 37.8. The molecule has 2 N–H and O–H groups in total. The Hall–Kier alpha value is -0.290. The molecule has 19 heavy (non-hydrogen) atoms. The molecule has 0 spiro atoms. The summed E-state index contributed by atoms with van der Waals surface area (Å²) in [5, 5.41) is 0. The molecule has 0 aliphatic heterocycles. The summed E-state index contributed by atoms with van der Waals surface area (Å²) in [6.07, 6.45) is -1.25. The van der Waals surface area contributed by atoms with Crippen molar-refractivity contribution >= 4 is 0 Å². The zero-order valence-electron chi connectivity index (χ0n) is 12.4. The van der Waals surface area contributed by atoms with Gasteiger partial charge in [0.25, 0.3) is 0 Å². The minimum Gasteiger partial charge on any atom is -0.327 e. The molecule has 1 aliphatic carbocycles. The van der Waals surface area contributed by atoms with E-state index in [9.17, 15) is 13.2 Å². The molecular formula is C14H27F3N2. The number of nitrogens with two attached hydrogens (primary N) is 1. The molecule has 5 heteroatoms. The summed E-state index contributed by atoms with van der Waals surface area (Å²) in [6, 6.07) is -0.0821. The van der Waals surface area contributed by atoms with E-state index in [1.54, 1.807) is 0 Å². The molecule has 114 valence electrons. The Labute approximate surface area is 114 Å². The van der Waals surface area contributed by atoms with E-state index >= 15 is 0 Å². The highest BCUT2D eigenvalue weighted by Gasteiger charge is 2.37. The number of halogens is 3. The van der Waals surface area contributed by atoms with Crippen LogP contribution >= 0.6 is 0 Å². The summed E-state index contributed by atoms with van der Waals surface area (Å²) in [5.74, 6) is 0.161. The lowest BCUT2D eigenvalue weighted by molar-refractivity contribution is -0.152. The molecule has 0 bridgehead atoms. The average Bonchev–Trinajstić information content (AvgIpc) is 2.20. The number of rotatable bonds is 4. The van der Waals surface area contributed by atoms with Crippen molar-refractivity contribution in [2.45, 2.75) is 65.2 Å². The largest absolute Gasteiger partial charge is 0.401 e. The lowest BCUT2D eigenvalue weighted by Crippen LogP contribution is -2.48. The molecule has 1 aliphatic rings. The van der Waals surface area contributed by atoms with Crippen molar-refractivity contribution in [2.24, 2.45) is 17.1 Å². The number of alkyl halides is 3. The maximum absolute atomic E-state index is 12.6. The van der Waals surface area contributed by atoms with Gasteiger partial charge in [-0.1, -0.05) is 13.8 Å². The molecule has 0 heterocycles. The first-order valence-electron chi connectivity index (χ1n) is 7.06. The van der Waals surface area contributed by atoms with Crippen molar-refractivity contribution < 1.29 is 13.2 Å². The van der Waals surface area contributed by atoms with Crippen molar-refractivity contribution in [1.29, 1.82) is 0 Å². The quantitative estimate of drug-likeness (QED) is 0.855. The standard InChI is InChI=1S/C14H27F3N2/c1-10(2)19(9-14(15,16)17)8-11-7-13(3,4)6-5-12(11)18/h10-12H,5-9,18H2,1-4H3. The molecule has 2 atom stereocenters. The zero-order valence-corrected chi connectivity index (χ0v) is 12.4. The van der Waals surface area contributed by atoms with Gasteiger partial charge >= 0.3 is 6.18 Å². The highest BCUT2D eigenvalue weighted by Crippen LogP contribution is 2.38. The first-order valence-corrected chi connectivity index (χ1v) is 7.06. The fraction of sp³-hybridized carbons (Fsp3) is 1.00. The lowest BCUT2D eigenvalue weighted by Gasteiger charge is -2.42. The minimum atomic E-state index is -4.14. The van der Waals surface area contributed by atoms with Crippen LogP contribution in [0.4, 0.5) is 13.2 Å². The zero-order chi connectivity index (χ0) is 14.8. The highest BCUT2D eigenvalue weighted by atomic mass is 19.4. The summed E-state index contributed by atoms with van der Waals surface area (Å²) in [5.41, 5.74) is 6.30. The van der Waals surface area contributed by atoms with E-state index in [2.05, 4.69) is 13.8 Å². The average molecular weight is 280 g/mol. The summed E-state index contributed by atoms with van der Waals surface area (Å²) in [6.45, 7) is 7.58. The SMILES string of the molecule is CC(C)N(CC1CC(C)(C)CCC1N)CC(F)(F)F. The predicted molar refractivity (Wildman–Crippen MR) is 71.9 cm³/mol. The normalized spacial score (nSPS) is 28.1. The molecule has 2 nitrogen and oxygen atoms in total. The van der Waals surface area contributed by atoms with Crippen LogP contribution in [0.3, 0.4) is 0 Å². The van der Waals surface area contributed by atoms with E-state index in [0.717, 1.165) is 19.3 Å². The van der Waals surface area contributed by atoms with Crippen LogP contribution in [0.5, 0.6) is 0 Å². The molecule has 0 radical (unpaired) electrons. The van der Waals surface area contributed by atoms with Crippen LogP contribution in [-0.2, 0) is 0 Å². The van der Waals surface area contributed by atoms with E-state index in [0.29, 0.717) is 6.54 Å². The van der Waals surface area contributed by atoms with Gasteiger partial charge in [0, 0.05) is 18.6 Å². The molecule has 2 unspecified atom stereocenters. The van der Waals surface area contributed by atoms with Crippen LogP contribution in [0.15, 0.2) is 0 Å². The number of nitrogens with zero attached hydrogens (tertiary/aromatic N) is 1. The number of hydrogen-bond donors (Lipinski definition) is 1. The first kappa shape index (κ1) is 16.8. The fourth-order valence-corrected chi connectivity index (χ4v) is 2.95. The molecule has 1 saturated carbocycles. The van der Waals surface area contributed by atoms with Gasteiger partial charge in [-0.2, -0.15) is 13.2 Å². The van der Waals surface area contributed by atoms with E-state index in [-0.39, 0.29) is 23.4 Å². The van der Waals surface area contributed by atoms with Crippen molar-refractivity contribution in [2.75, 3.05) is 13.1 Å². The van der Waals surface area contributed by atoms with E-state index in [4.69, 9.17) is 5.73 Å². The second-order valence-corrected chi connectivity index (χ2v) is 6.97. The van der Waals surface area contributed by atoms with Crippen LogP contribution in [0.1, 0.15) is 47.0 Å². The van der Waals surface area contributed by atoms with Crippen LogP contribution in [-0.4, -0.2) is 36.2 Å². The van der Waals surface area contributed by atoms with Gasteiger partial charge in [-0.05, 0) is 44.4 Å². The van der Waals surface area contributed by atoms with E-state index < -0.39 is 12.7 Å². The third-order valence-corrected chi connectivity index (χ3v) is 4.16. The maximum atomic E-state index is 12.6. The van der Waals surface area contributed by atoms with Gasteiger partial charge in [-0.25, -0.2) is 0 Å². The van der Waals surface area contributed by atoms with Gasteiger partial charge in [-0.3, -0.25) is 4.90 Å². The Bertz CT molecular complexity index is 285. The smallest absolute Gasteiger partial charge is 0.327 e. The van der Waals surface area contributed by atoms with Crippen molar-refractivity contribution in [3.8, 4) is 0 Å². The molecule has 1 rings (SSSR count). The molecule has 0 aromatic rings. The van der Waals surface area contributed by atoms with Crippen LogP contribution in [0.2, 0.25) is 0 Å². The van der Waals surface area contributed by atoms with E-state index in [1.807, 2.05) is 13.8 Å². The lowest BCUT2D eigenvalue weighted by atomic mass is 9.70. The minimum absolute atomic E-state index is 0.0301. The summed E-state index contributed by atoms with van der Waals surface area (Å²) in [7, 11) is 0. The van der Waals surface area contributed by atoms with Gasteiger partial charge in [0.15, 0.2) is 0 Å². The van der Waals surface area contributed by atoms with Crippen LogP contribution in [0, 0.1) is 11.3 Å². The topological polar surface area (TPSA) is 29.3 Å². The first-order chi connectivity index (χ1) is 8.50. The Kier molecular flexibility index (Phi) is 5.29. The summed E-state index contributed by atoms with van der Waals surface area (Å²) in [4.78, 5) is 1.51. The van der Waals surface area contributed by atoms with Gasteiger partial charge in [0.1, 0.15) is 0 Å².